The Morgan fingerprint density at radius 2 is 0.857 bits per heavy atom. The molecule has 0 saturated heterocycles. The summed E-state index contributed by atoms with van der Waals surface area (Å²) in [7, 11) is 0. The fourth-order valence-electron chi connectivity index (χ4n) is 0.380. The van der Waals surface area contributed by atoms with Gasteiger partial charge in [-0.1, -0.05) is 0 Å². The highest BCUT2D eigenvalue weighted by Crippen LogP contribution is 2.23. The van der Waals surface area contributed by atoms with Gasteiger partial charge >= 0.3 is 11.9 Å². The highest BCUT2D eigenvalue weighted by Gasteiger charge is 2.24. The van der Waals surface area contributed by atoms with Crippen LogP contribution in [0.1, 0.15) is 0 Å². The lowest BCUT2D eigenvalue weighted by molar-refractivity contribution is -0.135. The summed E-state index contributed by atoms with van der Waals surface area (Å²) in [5, 5.41) is 15.6. The molecule has 0 bridgehead atoms. The van der Waals surface area contributed by atoms with Gasteiger partial charge < -0.3 is 10.2 Å². The minimum atomic E-state index is -2.71. The van der Waals surface area contributed by atoms with Gasteiger partial charge in [-0.05, 0) is 0 Å². The van der Waals surface area contributed by atoms with E-state index in [0.29, 0.717) is 0 Å². The number of carboxylic acid groups (broad SMARTS) is 2. The molecule has 0 aromatic carbocycles. The van der Waals surface area contributed by atoms with Crippen LogP contribution in [0.4, 0.5) is 17.6 Å². The van der Waals surface area contributed by atoms with Crippen molar-refractivity contribution in [1.82, 2.24) is 0 Å². The minimum absolute atomic E-state index is 2.48. The first-order chi connectivity index (χ1) is 6.29. The van der Waals surface area contributed by atoms with Crippen molar-refractivity contribution < 1.29 is 37.4 Å². The quantitative estimate of drug-likeness (QED) is 0.423. The summed E-state index contributed by atoms with van der Waals surface area (Å²) in [5.74, 6) is -15.6. The second kappa shape index (κ2) is 4.40. The molecule has 0 aromatic heterocycles. The molecule has 0 heterocycles. The second-order valence-corrected chi connectivity index (χ2v) is 1.87. The summed E-state index contributed by atoms with van der Waals surface area (Å²) in [6.07, 6.45) is 0. The Kier molecular flexibility index (Phi) is 3.81. The van der Waals surface area contributed by atoms with E-state index in [1.165, 1.54) is 0 Å². The third kappa shape index (κ3) is 2.57. The SMILES string of the molecule is O=C(O)C(F)=C(F)C(F)=C(F)C(=O)O. The Morgan fingerprint density at radius 1 is 0.643 bits per heavy atom. The van der Waals surface area contributed by atoms with Gasteiger partial charge in [0.05, 0.1) is 0 Å². The van der Waals surface area contributed by atoms with E-state index in [2.05, 4.69) is 0 Å². The van der Waals surface area contributed by atoms with Crippen molar-refractivity contribution >= 4 is 11.9 Å². The van der Waals surface area contributed by atoms with E-state index in [1.807, 2.05) is 0 Å². The molecular formula is C6H2F4O4. The molecule has 14 heavy (non-hydrogen) atoms. The Morgan fingerprint density at radius 3 is 1.00 bits per heavy atom. The van der Waals surface area contributed by atoms with Crippen molar-refractivity contribution in [3.63, 3.8) is 0 Å². The summed E-state index contributed by atoms with van der Waals surface area (Å²) in [6, 6.07) is 0. The first-order valence-corrected chi connectivity index (χ1v) is 2.86. The van der Waals surface area contributed by atoms with Gasteiger partial charge in [0, 0.05) is 0 Å². The lowest BCUT2D eigenvalue weighted by atomic mass is 10.3. The number of carboxylic acids is 2. The molecule has 2 N–H and O–H groups in total. The van der Waals surface area contributed by atoms with Gasteiger partial charge in [-0.3, -0.25) is 0 Å². The largest absolute Gasteiger partial charge is 0.476 e. The molecule has 0 atom stereocenters. The van der Waals surface area contributed by atoms with E-state index >= 15 is 0 Å². The monoisotopic (exact) mass is 214 g/mol. The molecule has 0 unspecified atom stereocenters. The standard InChI is InChI=1S/C6H2F4O4/c7-1(3(9)5(11)12)2(8)4(10)6(13)14/h(H,11,12)(H,13,14). The zero-order chi connectivity index (χ0) is 11.5. The van der Waals surface area contributed by atoms with Gasteiger partial charge in [0.2, 0.25) is 23.3 Å². The maximum Gasteiger partial charge on any atom is 0.367 e. The van der Waals surface area contributed by atoms with Gasteiger partial charge in [-0.15, -0.1) is 0 Å². The molecular weight excluding hydrogens is 212 g/mol. The van der Waals surface area contributed by atoms with Crippen LogP contribution < -0.4 is 0 Å². The van der Waals surface area contributed by atoms with Crippen molar-refractivity contribution in [2.75, 3.05) is 0 Å². The summed E-state index contributed by atoms with van der Waals surface area (Å²) in [4.78, 5) is 19.4. The second-order valence-electron chi connectivity index (χ2n) is 1.87. The molecule has 0 amide bonds. The van der Waals surface area contributed by atoms with E-state index in [9.17, 15) is 27.2 Å². The summed E-state index contributed by atoms with van der Waals surface area (Å²) in [6.45, 7) is 0. The molecule has 0 rings (SSSR count). The Bertz CT molecular complexity index is 310. The van der Waals surface area contributed by atoms with Crippen LogP contribution in [-0.2, 0) is 9.59 Å². The molecule has 8 heteroatoms. The molecule has 0 aliphatic carbocycles. The van der Waals surface area contributed by atoms with Crippen LogP contribution in [0.3, 0.4) is 0 Å². The Labute approximate surface area is 73.8 Å². The maximum atomic E-state index is 12.2. The van der Waals surface area contributed by atoms with Crippen LogP contribution in [-0.4, -0.2) is 22.2 Å². The number of allylic oxidation sites excluding steroid dienone is 2. The van der Waals surface area contributed by atoms with Crippen molar-refractivity contribution in [3.8, 4) is 0 Å². The molecule has 0 spiro atoms. The lowest BCUT2D eigenvalue weighted by Crippen LogP contribution is -2.02. The smallest absolute Gasteiger partial charge is 0.367 e. The summed E-state index contributed by atoms with van der Waals surface area (Å²) in [5.41, 5.74) is 0. The molecule has 0 aliphatic heterocycles. The van der Waals surface area contributed by atoms with Crippen LogP contribution in [0.15, 0.2) is 23.3 Å². The lowest BCUT2D eigenvalue weighted by Gasteiger charge is -1.94. The molecule has 0 radical (unpaired) electrons. The fourth-order valence-corrected chi connectivity index (χ4v) is 0.380. The first-order valence-electron chi connectivity index (χ1n) is 2.86. The highest BCUT2D eigenvalue weighted by molar-refractivity contribution is 5.88. The number of hydrogen-bond donors (Lipinski definition) is 2. The topological polar surface area (TPSA) is 74.6 Å². The van der Waals surface area contributed by atoms with E-state index in [4.69, 9.17) is 10.2 Å². The van der Waals surface area contributed by atoms with Gasteiger partial charge in [0.25, 0.3) is 0 Å². The average Bonchev–Trinajstić information content (AvgIpc) is 2.12. The van der Waals surface area contributed by atoms with E-state index in [1.54, 1.807) is 0 Å². The predicted octanol–water partition coefficient (Wildman–Crippen LogP) is 1.46. The summed E-state index contributed by atoms with van der Waals surface area (Å²) < 4.78 is 48.6. The molecule has 0 aromatic rings. The molecule has 4 nitrogen and oxygen atoms in total. The zero-order valence-corrected chi connectivity index (χ0v) is 6.22. The number of hydrogen-bond acceptors (Lipinski definition) is 2. The van der Waals surface area contributed by atoms with Crippen molar-refractivity contribution in [3.05, 3.63) is 23.3 Å². The van der Waals surface area contributed by atoms with E-state index in [0.717, 1.165) is 0 Å². The normalized spacial score (nSPS) is 14.3. The van der Waals surface area contributed by atoms with Crippen LogP contribution in [0.2, 0.25) is 0 Å². The Balaban J connectivity index is 5.35. The predicted molar refractivity (Wildman–Crippen MR) is 33.8 cm³/mol. The minimum Gasteiger partial charge on any atom is -0.476 e. The third-order valence-electron chi connectivity index (χ3n) is 0.954. The van der Waals surface area contributed by atoms with Crippen LogP contribution in [0.5, 0.6) is 0 Å². The number of aliphatic carboxylic acids is 2. The molecule has 0 saturated carbocycles. The van der Waals surface area contributed by atoms with Gasteiger partial charge in [0.1, 0.15) is 0 Å². The summed E-state index contributed by atoms with van der Waals surface area (Å²) >= 11 is 0. The average molecular weight is 214 g/mol. The van der Waals surface area contributed by atoms with Crippen molar-refractivity contribution in [2.45, 2.75) is 0 Å². The van der Waals surface area contributed by atoms with Gasteiger partial charge in [0.15, 0.2) is 0 Å². The number of halogens is 4. The van der Waals surface area contributed by atoms with Gasteiger partial charge in [-0.2, -0.15) is 8.78 Å². The molecule has 0 fully saturated rings. The third-order valence-corrected chi connectivity index (χ3v) is 0.954. The highest BCUT2D eigenvalue weighted by atomic mass is 19.2. The number of carbonyl (C=O) groups is 2. The van der Waals surface area contributed by atoms with Crippen LogP contribution in [0, 0.1) is 0 Å². The fraction of sp³-hybridized carbons (Fsp3) is 0. The molecule has 0 aliphatic rings. The zero-order valence-electron chi connectivity index (χ0n) is 6.22. The van der Waals surface area contributed by atoms with Crippen molar-refractivity contribution in [2.24, 2.45) is 0 Å². The first kappa shape index (κ1) is 12.1. The maximum absolute atomic E-state index is 12.2. The Hall–Kier alpha value is -1.86. The van der Waals surface area contributed by atoms with Gasteiger partial charge in [-0.25, -0.2) is 18.4 Å². The molecule has 78 valence electrons. The van der Waals surface area contributed by atoms with Crippen molar-refractivity contribution in [1.29, 1.82) is 0 Å². The van der Waals surface area contributed by atoms with E-state index < -0.39 is 35.2 Å². The van der Waals surface area contributed by atoms with E-state index in [-0.39, 0.29) is 0 Å². The van der Waals surface area contributed by atoms with Crippen LogP contribution >= 0.6 is 0 Å². The number of rotatable bonds is 3. The van der Waals surface area contributed by atoms with Crippen LogP contribution in [0.25, 0.3) is 0 Å².